The molecule has 4 rings (SSSR count). The Balaban J connectivity index is 1.84. The van der Waals surface area contributed by atoms with Crippen molar-refractivity contribution in [3.8, 4) is 5.75 Å². The summed E-state index contributed by atoms with van der Waals surface area (Å²) in [5.74, 6) is 0.111. The predicted octanol–water partition coefficient (Wildman–Crippen LogP) is 2.63. The maximum Gasteiger partial charge on any atom is 0.356 e. The van der Waals surface area contributed by atoms with Crippen LogP contribution in [0.15, 0.2) is 36.5 Å². The van der Waals surface area contributed by atoms with E-state index in [1.807, 2.05) is 6.07 Å². The zero-order chi connectivity index (χ0) is 18.3. The molecule has 0 aromatic carbocycles. The third kappa shape index (κ3) is 2.71. The lowest BCUT2D eigenvalue weighted by atomic mass is 10.0. The molecule has 0 saturated heterocycles. The van der Waals surface area contributed by atoms with E-state index in [2.05, 4.69) is 14.8 Å². The van der Waals surface area contributed by atoms with E-state index in [-0.39, 0.29) is 23.1 Å². The Hall–Kier alpha value is -3.22. The monoisotopic (exact) mass is 351 g/mol. The summed E-state index contributed by atoms with van der Waals surface area (Å²) in [5, 5.41) is 4.60. The molecule has 0 radical (unpaired) electrons. The first-order valence-electron chi connectivity index (χ1n) is 8.28. The van der Waals surface area contributed by atoms with Crippen LogP contribution in [0.3, 0.4) is 0 Å². The normalized spacial score (nSPS) is 13.6. The third-order valence-electron chi connectivity index (χ3n) is 4.43. The molecule has 0 amide bonds. The van der Waals surface area contributed by atoms with Gasteiger partial charge in [0.2, 0.25) is 5.78 Å². The number of aromatic nitrogens is 3. The van der Waals surface area contributed by atoms with E-state index in [0.717, 1.165) is 18.5 Å². The molecule has 1 aliphatic rings. The molecule has 0 spiro atoms. The molecule has 3 aromatic rings. The lowest BCUT2D eigenvalue weighted by Crippen LogP contribution is -2.11. The van der Waals surface area contributed by atoms with E-state index in [0.29, 0.717) is 16.8 Å². The highest BCUT2D eigenvalue weighted by Gasteiger charge is 2.33. The van der Waals surface area contributed by atoms with Gasteiger partial charge in [-0.15, -0.1) is 0 Å². The predicted molar refractivity (Wildman–Crippen MR) is 92.7 cm³/mol. The van der Waals surface area contributed by atoms with Crippen molar-refractivity contribution in [2.45, 2.75) is 18.8 Å². The Bertz CT molecular complexity index is 1020. The van der Waals surface area contributed by atoms with E-state index in [4.69, 9.17) is 4.74 Å². The molecule has 7 nitrogen and oxygen atoms in total. The summed E-state index contributed by atoms with van der Waals surface area (Å²) in [6.07, 6.45) is 3.77. The zero-order valence-corrected chi connectivity index (χ0v) is 14.4. The molecular weight excluding hydrogens is 334 g/mol. The lowest BCUT2D eigenvalue weighted by molar-refractivity contribution is 0.0594. The number of fused-ring (bicyclic) bond motifs is 1. The minimum Gasteiger partial charge on any atom is -0.495 e. The molecule has 0 atom stereocenters. The quantitative estimate of drug-likeness (QED) is 0.519. The van der Waals surface area contributed by atoms with Crippen LogP contribution in [-0.4, -0.2) is 40.6 Å². The fourth-order valence-electron chi connectivity index (χ4n) is 2.95. The standard InChI is InChI=1S/C19H17N3O4/c1-25-12-8-9-15-16(17(11-6-7-11)21-22(15)10-12)18(23)13-4-3-5-14(20-13)19(24)26-2/h3-5,8-11H,6-7H2,1-2H3. The molecule has 1 saturated carbocycles. The molecular formula is C19H17N3O4. The van der Waals surface area contributed by atoms with Crippen molar-refractivity contribution in [3.05, 3.63) is 59.2 Å². The van der Waals surface area contributed by atoms with Gasteiger partial charge in [0.05, 0.1) is 37.2 Å². The van der Waals surface area contributed by atoms with Crippen LogP contribution in [0.4, 0.5) is 0 Å². The van der Waals surface area contributed by atoms with Crippen molar-refractivity contribution in [2.75, 3.05) is 14.2 Å². The molecule has 132 valence electrons. The molecule has 1 fully saturated rings. The number of hydrogen-bond acceptors (Lipinski definition) is 6. The number of hydrogen-bond donors (Lipinski definition) is 0. The number of rotatable bonds is 5. The van der Waals surface area contributed by atoms with Gasteiger partial charge in [0, 0.05) is 5.92 Å². The SMILES string of the molecule is COC(=O)c1cccc(C(=O)c2c(C3CC3)nn3cc(OC)ccc23)n1. The van der Waals surface area contributed by atoms with Crippen molar-refractivity contribution < 1.29 is 19.1 Å². The van der Waals surface area contributed by atoms with Gasteiger partial charge in [-0.25, -0.2) is 14.3 Å². The summed E-state index contributed by atoms with van der Waals surface area (Å²) in [5.41, 5.74) is 2.30. The number of carbonyl (C=O) groups is 2. The van der Waals surface area contributed by atoms with Crippen LogP contribution in [0.2, 0.25) is 0 Å². The zero-order valence-electron chi connectivity index (χ0n) is 14.4. The molecule has 0 aliphatic heterocycles. The van der Waals surface area contributed by atoms with Crippen molar-refractivity contribution in [1.82, 2.24) is 14.6 Å². The van der Waals surface area contributed by atoms with Gasteiger partial charge in [0.1, 0.15) is 17.1 Å². The Morgan fingerprint density at radius 1 is 1.12 bits per heavy atom. The number of pyridine rings is 2. The lowest BCUT2D eigenvalue weighted by Gasteiger charge is -2.04. The van der Waals surface area contributed by atoms with Crippen molar-refractivity contribution in [1.29, 1.82) is 0 Å². The fourth-order valence-corrected chi connectivity index (χ4v) is 2.95. The Labute approximate surface area is 149 Å². The second-order valence-electron chi connectivity index (χ2n) is 6.16. The Morgan fingerprint density at radius 2 is 1.88 bits per heavy atom. The maximum absolute atomic E-state index is 13.2. The fraction of sp³-hybridized carbons (Fsp3) is 0.263. The van der Waals surface area contributed by atoms with E-state index in [1.165, 1.54) is 13.2 Å². The molecule has 0 unspecified atom stereocenters. The van der Waals surface area contributed by atoms with Gasteiger partial charge in [0.15, 0.2) is 0 Å². The summed E-state index contributed by atoms with van der Waals surface area (Å²) in [6.45, 7) is 0. The van der Waals surface area contributed by atoms with Crippen LogP contribution in [0.5, 0.6) is 5.75 Å². The van der Waals surface area contributed by atoms with Gasteiger partial charge in [-0.05, 0) is 37.1 Å². The number of nitrogens with zero attached hydrogens (tertiary/aromatic N) is 3. The number of ether oxygens (including phenoxy) is 2. The number of ketones is 1. The highest BCUT2D eigenvalue weighted by molar-refractivity contribution is 6.13. The van der Waals surface area contributed by atoms with Crippen molar-refractivity contribution >= 4 is 17.3 Å². The van der Waals surface area contributed by atoms with E-state index in [9.17, 15) is 9.59 Å². The van der Waals surface area contributed by atoms with Crippen LogP contribution in [0.25, 0.3) is 5.52 Å². The average molecular weight is 351 g/mol. The van der Waals surface area contributed by atoms with E-state index in [1.54, 1.807) is 36.0 Å². The van der Waals surface area contributed by atoms with Crippen LogP contribution in [-0.2, 0) is 4.74 Å². The summed E-state index contributed by atoms with van der Waals surface area (Å²) < 4.78 is 11.6. The van der Waals surface area contributed by atoms with Crippen LogP contribution >= 0.6 is 0 Å². The van der Waals surface area contributed by atoms with Gasteiger partial charge < -0.3 is 9.47 Å². The topological polar surface area (TPSA) is 82.8 Å². The summed E-state index contributed by atoms with van der Waals surface area (Å²) in [7, 11) is 2.86. The van der Waals surface area contributed by atoms with Crippen LogP contribution in [0.1, 0.15) is 51.0 Å². The van der Waals surface area contributed by atoms with E-state index >= 15 is 0 Å². The third-order valence-corrected chi connectivity index (χ3v) is 4.43. The molecule has 26 heavy (non-hydrogen) atoms. The highest BCUT2D eigenvalue weighted by Crippen LogP contribution is 2.42. The second-order valence-corrected chi connectivity index (χ2v) is 6.16. The first-order valence-corrected chi connectivity index (χ1v) is 8.28. The van der Waals surface area contributed by atoms with Crippen molar-refractivity contribution in [2.24, 2.45) is 0 Å². The highest BCUT2D eigenvalue weighted by atomic mass is 16.5. The van der Waals surface area contributed by atoms with E-state index < -0.39 is 5.97 Å². The number of esters is 1. The molecule has 7 heteroatoms. The van der Waals surface area contributed by atoms with Gasteiger partial charge in [-0.1, -0.05) is 6.07 Å². The minimum atomic E-state index is -0.577. The smallest absolute Gasteiger partial charge is 0.356 e. The Kier molecular flexibility index (Phi) is 3.91. The van der Waals surface area contributed by atoms with Crippen molar-refractivity contribution in [3.63, 3.8) is 0 Å². The summed E-state index contributed by atoms with van der Waals surface area (Å²) >= 11 is 0. The number of methoxy groups -OCH3 is 2. The number of carbonyl (C=O) groups excluding carboxylic acids is 2. The first kappa shape index (κ1) is 16.3. The van der Waals surface area contributed by atoms with Gasteiger partial charge >= 0.3 is 5.97 Å². The van der Waals surface area contributed by atoms with Crippen LogP contribution < -0.4 is 4.74 Å². The second kappa shape index (κ2) is 6.25. The van der Waals surface area contributed by atoms with Gasteiger partial charge in [-0.2, -0.15) is 5.10 Å². The Morgan fingerprint density at radius 3 is 2.58 bits per heavy atom. The molecule has 0 bridgehead atoms. The summed E-state index contributed by atoms with van der Waals surface area (Å²) in [4.78, 5) is 29.1. The molecule has 0 N–H and O–H groups in total. The molecule has 1 aliphatic carbocycles. The molecule has 3 aromatic heterocycles. The largest absolute Gasteiger partial charge is 0.495 e. The summed E-state index contributed by atoms with van der Waals surface area (Å²) in [6, 6.07) is 8.35. The maximum atomic E-state index is 13.2. The van der Waals surface area contributed by atoms with Gasteiger partial charge in [-0.3, -0.25) is 4.79 Å². The van der Waals surface area contributed by atoms with Crippen LogP contribution in [0, 0.1) is 0 Å². The minimum absolute atomic E-state index is 0.101. The van der Waals surface area contributed by atoms with Gasteiger partial charge in [0.25, 0.3) is 0 Å². The first-order chi connectivity index (χ1) is 12.6. The average Bonchev–Trinajstić information content (AvgIpc) is 3.46. The molecule has 3 heterocycles.